The van der Waals surface area contributed by atoms with Crippen molar-refractivity contribution in [3.8, 4) is 0 Å². The van der Waals surface area contributed by atoms with Gasteiger partial charge in [0.05, 0.1) is 0 Å². The van der Waals surface area contributed by atoms with E-state index in [1.54, 1.807) is 0 Å². The van der Waals surface area contributed by atoms with Crippen molar-refractivity contribution in [1.29, 1.82) is 0 Å². The molecule has 0 aromatic carbocycles. The molecule has 0 N–H and O–H groups in total. The molecule has 0 saturated carbocycles. The van der Waals surface area contributed by atoms with Gasteiger partial charge in [-0.05, 0) is 77.0 Å². The van der Waals surface area contributed by atoms with Gasteiger partial charge >= 0.3 is 17.9 Å². The van der Waals surface area contributed by atoms with Gasteiger partial charge in [0.1, 0.15) is 13.2 Å². The number of allylic oxidation sites excluding steroid dienone is 14. The molecule has 0 aromatic heterocycles. The first kappa shape index (κ1) is 57.6. The predicted molar refractivity (Wildman–Crippen MR) is 261 cm³/mol. The summed E-state index contributed by atoms with van der Waals surface area (Å²) in [6, 6.07) is 0. The third kappa shape index (κ3) is 47.5. The van der Waals surface area contributed by atoms with Crippen LogP contribution in [-0.4, -0.2) is 37.2 Å². The molecule has 6 nitrogen and oxygen atoms in total. The fourth-order valence-electron chi connectivity index (χ4n) is 6.66. The summed E-state index contributed by atoms with van der Waals surface area (Å²) < 4.78 is 16.7. The van der Waals surface area contributed by atoms with E-state index in [0.717, 1.165) is 109 Å². The monoisotopic (exact) mass is 849 g/mol. The number of hydrogen-bond acceptors (Lipinski definition) is 6. The van der Waals surface area contributed by atoms with E-state index in [9.17, 15) is 14.4 Å². The molecule has 0 aliphatic heterocycles. The number of rotatable bonds is 44. The molecule has 0 fully saturated rings. The SMILES string of the molecule is CC/C=C\C/C=C\C/C=C\C/C=C\C/C=C\C/C=C\C/C=C\CCCCCC(=O)OCC(COC(=O)CCCCCCCCCCC)OC(=O)CCCCCCCCCCC. The Morgan fingerprint density at radius 3 is 1.00 bits per heavy atom. The molecule has 0 spiro atoms. The van der Waals surface area contributed by atoms with Gasteiger partial charge in [0, 0.05) is 19.3 Å². The van der Waals surface area contributed by atoms with Crippen molar-refractivity contribution in [2.45, 2.75) is 232 Å². The predicted octanol–water partition coefficient (Wildman–Crippen LogP) is 16.4. The highest BCUT2D eigenvalue weighted by Gasteiger charge is 2.19. The number of carbonyl (C=O) groups excluding carboxylic acids is 3. The van der Waals surface area contributed by atoms with E-state index in [-0.39, 0.29) is 31.1 Å². The molecule has 1 unspecified atom stereocenters. The van der Waals surface area contributed by atoms with Gasteiger partial charge in [-0.3, -0.25) is 14.4 Å². The third-order valence-electron chi connectivity index (χ3n) is 10.4. The Bertz CT molecular complexity index is 1200. The Labute approximate surface area is 375 Å². The average molecular weight is 849 g/mol. The van der Waals surface area contributed by atoms with E-state index in [1.165, 1.54) is 77.0 Å². The van der Waals surface area contributed by atoms with Crippen LogP contribution in [0.25, 0.3) is 0 Å². The number of hydrogen-bond donors (Lipinski definition) is 0. The van der Waals surface area contributed by atoms with Crippen molar-refractivity contribution in [2.75, 3.05) is 13.2 Å². The Morgan fingerprint density at radius 2 is 0.639 bits per heavy atom. The van der Waals surface area contributed by atoms with Crippen LogP contribution in [0.1, 0.15) is 226 Å². The second-order valence-corrected chi connectivity index (χ2v) is 16.4. The van der Waals surface area contributed by atoms with Crippen LogP contribution in [0.15, 0.2) is 85.1 Å². The zero-order valence-electron chi connectivity index (χ0n) is 39.7. The normalized spacial score (nSPS) is 12.8. The first-order valence-electron chi connectivity index (χ1n) is 25.1. The van der Waals surface area contributed by atoms with Gasteiger partial charge in [0.15, 0.2) is 6.10 Å². The minimum absolute atomic E-state index is 0.0854. The maximum atomic E-state index is 12.7. The quantitative estimate of drug-likeness (QED) is 0.0263. The summed E-state index contributed by atoms with van der Waals surface area (Å²) in [5.74, 6) is -0.928. The summed E-state index contributed by atoms with van der Waals surface area (Å²) >= 11 is 0. The summed E-state index contributed by atoms with van der Waals surface area (Å²) in [5.41, 5.74) is 0. The van der Waals surface area contributed by atoms with Crippen LogP contribution in [-0.2, 0) is 28.6 Å². The Hall–Kier alpha value is -3.41. The van der Waals surface area contributed by atoms with Crippen LogP contribution in [0, 0.1) is 0 Å². The average Bonchev–Trinajstić information content (AvgIpc) is 3.26. The van der Waals surface area contributed by atoms with Crippen LogP contribution in [0.4, 0.5) is 0 Å². The summed E-state index contributed by atoms with van der Waals surface area (Å²) in [4.78, 5) is 37.7. The van der Waals surface area contributed by atoms with Gasteiger partial charge in [-0.15, -0.1) is 0 Å². The van der Waals surface area contributed by atoms with Crippen LogP contribution in [0.3, 0.4) is 0 Å². The molecule has 0 aromatic rings. The van der Waals surface area contributed by atoms with Crippen molar-refractivity contribution in [3.63, 3.8) is 0 Å². The van der Waals surface area contributed by atoms with Gasteiger partial charge < -0.3 is 14.2 Å². The van der Waals surface area contributed by atoms with Crippen LogP contribution < -0.4 is 0 Å². The highest BCUT2D eigenvalue weighted by molar-refractivity contribution is 5.71. The maximum Gasteiger partial charge on any atom is 0.306 e. The van der Waals surface area contributed by atoms with Crippen molar-refractivity contribution in [2.24, 2.45) is 0 Å². The largest absolute Gasteiger partial charge is 0.462 e. The highest BCUT2D eigenvalue weighted by Crippen LogP contribution is 2.14. The smallest absolute Gasteiger partial charge is 0.306 e. The second-order valence-electron chi connectivity index (χ2n) is 16.4. The molecule has 0 radical (unpaired) electrons. The van der Waals surface area contributed by atoms with E-state index >= 15 is 0 Å². The fraction of sp³-hybridized carbons (Fsp3) is 0.691. The second kappa shape index (κ2) is 49.2. The zero-order chi connectivity index (χ0) is 44.4. The molecule has 1 atom stereocenters. The molecule has 0 aliphatic rings. The lowest BCUT2D eigenvalue weighted by Gasteiger charge is -2.18. The van der Waals surface area contributed by atoms with E-state index in [0.29, 0.717) is 19.3 Å². The molecule has 0 aliphatic carbocycles. The minimum Gasteiger partial charge on any atom is -0.462 e. The van der Waals surface area contributed by atoms with Crippen molar-refractivity contribution in [1.82, 2.24) is 0 Å². The highest BCUT2D eigenvalue weighted by atomic mass is 16.6. The first-order valence-corrected chi connectivity index (χ1v) is 25.1. The first-order chi connectivity index (χ1) is 30.0. The Kier molecular flexibility index (Phi) is 46.5. The van der Waals surface area contributed by atoms with Crippen LogP contribution in [0.5, 0.6) is 0 Å². The number of unbranched alkanes of at least 4 members (excludes halogenated alkanes) is 19. The molecule has 6 heteroatoms. The van der Waals surface area contributed by atoms with E-state index in [2.05, 4.69) is 106 Å². The lowest BCUT2D eigenvalue weighted by Crippen LogP contribution is -2.30. The molecular formula is C55H92O6. The van der Waals surface area contributed by atoms with Crippen LogP contribution >= 0.6 is 0 Å². The number of esters is 3. The molecule has 0 saturated heterocycles. The lowest BCUT2D eigenvalue weighted by atomic mass is 10.1. The minimum atomic E-state index is -0.784. The van der Waals surface area contributed by atoms with E-state index < -0.39 is 6.10 Å². The van der Waals surface area contributed by atoms with Crippen molar-refractivity contribution < 1.29 is 28.6 Å². The van der Waals surface area contributed by atoms with E-state index in [4.69, 9.17) is 14.2 Å². The summed E-state index contributed by atoms with van der Waals surface area (Å²) in [5, 5.41) is 0. The molecule has 0 bridgehead atoms. The third-order valence-corrected chi connectivity index (χ3v) is 10.4. The zero-order valence-corrected chi connectivity index (χ0v) is 39.7. The van der Waals surface area contributed by atoms with Crippen LogP contribution in [0.2, 0.25) is 0 Å². The summed E-state index contributed by atoms with van der Waals surface area (Å²) in [7, 11) is 0. The van der Waals surface area contributed by atoms with Gasteiger partial charge in [0.2, 0.25) is 0 Å². The van der Waals surface area contributed by atoms with Gasteiger partial charge in [-0.1, -0.05) is 215 Å². The summed E-state index contributed by atoms with van der Waals surface area (Å²) in [6.07, 6.45) is 62.9. The molecule has 61 heavy (non-hydrogen) atoms. The van der Waals surface area contributed by atoms with Crippen molar-refractivity contribution in [3.05, 3.63) is 85.1 Å². The maximum absolute atomic E-state index is 12.7. The standard InChI is InChI=1S/C55H92O6/c1-4-7-10-13-16-19-20-21-22-23-24-25-26-27-28-29-30-31-32-33-34-37-39-42-45-48-54(57)60-51-52(61-55(58)49-46-43-40-36-18-15-12-9-6-3)50-59-53(56)47-44-41-38-35-17-14-11-8-5-2/h7,10,16,19,21-22,24-25,27-28,30-31,33-34,52H,4-6,8-9,11-15,17-18,20,23,26,29,32,35-51H2,1-3H3/b10-7-,19-16-,22-21-,25-24-,28-27-,31-30-,34-33-. The Balaban J connectivity index is 4.28. The Morgan fingerprint density at radius 1 is 0.344 bits per heavy atom. The fourth-order valence-corrected chi connectivity index (χ4v) is 6.66. The molecule has 348 valence electrons. The molecule has 0 rings (SSSR count). The van der Waals surface area contributed by atoms with Gasteiger partial charge in [0.25, 0.3) is 0 Å². The van der Waals surface area contributed by atoms with Crippen molar-refractivity contribution >= 4 is 17.9 Å². The number of carbonyl (C=O) groups is 3. The lowest BCUT2D eigenvalue weighted by molar-refractivity contribution is -0.167. The molecule has 0 heterocycles. The van der Waals surface area contributed by atoms with Gasteiger partial charge in [-0.2, -0.15) is 0 Å². The molecule has 0 amide bonds. The molecular weight excluding hydrogens is 757 g/mol. The topological polar surface area (TPSA) is 78.9 Å². The summed E-state index contributed by atoms with van der Waals surface area (Å²) in [6.45, 7) is 6.44. The van der Waals surface area contributed by atoms with Gasteiger partial charge in [-0.25, -0.2) is 0 Å². The van der Waals surface area contributed by atoms with E-state index in [1.807, 2.05) is 0 Å². The number of ether oxygens (including phenoxy) is 3.